The van der Waals surface area contributed by atoms with E-state index in [1.165, 1.54) is 31.1 Å². The molecular formula is C8H7N4O2S. The molecule has 0 bridgehead atoms. The molecule has 0 unspecified atom stereocenters. The van der Waals surface area contributed by atoms with E-state index in [4.69, 9.17) is 0 Å². The van der Waals surface area contributed by atoms with Gasteiger partial charge >= 0.3 is 0 Å². The second kappa shape index (κ2) is 3.77. The lowest BCUT2D eigenvalue weighted by atomic mass is 10.4. The Morgan fingerprint density at radius 3 is 2.47 bits per heavy atom. The zero-order valence-corrected chi connectivity index (χ0v) is 8.42. The minimum Gasteiger partial charge on any atom is -0.245 e. The molecule has 0 amide bonds. The second-order valence-electron chi connectivity index (χ2n) is 2.84. The summed E-state index contributed by atoms with van der Waals surface area (Å²) in [5, 5.41) is 3.48. The van der Waals surface area contributed by atoms with Gasteiger partial charge in [-0.3, -0.25) is 0 Å². The molecule has 0 N–H and O–H groups in total. The highest BCUT2D eigenvalue weighted by atomic mass is 32.2. The molecule has 0 saturated heterocycles. The number of hydrogen-bond donors (Lipinski definition) is 0. The van der Waals surface area contributed by atoms with Gasteiger partial charge in [-0.25, -0.2) is 28.7 Å². The number of aliphatic imine (C=N–C) groups is 1. The molecule has 0 aromatic carbocycles. The highest BCUT2D eigenvalue weighted by Gasteiger charge is 2.22. The van der Waals surface area contributed by atoms with Crippen molar-refractivity contribution in [1.82, 2.24) is 15.3 Å². The Kier molecular flexibility index (Phi) is 2.46. The molecule has 2 rings (SSSR count). The first-order valence-corrected chi connectivity index (χ1v) is 5.74. The zero-order chi connectivity index (χ0) is 10.7. The minimum atomic E-state index is -3.47. The monoisotopic (exact) mass is 223 g/mol. The van der Waals surface area contributed by atoms with E-state index in [1.54, 1.807) is 0 Å². The van der Waals surface area contributed by atoms with Crippen LogP contribution in [0.15, 0.2) is 36.1 Å². The third-order valence-electron chi connectivity index (χ3n) is 1.69. The zero-order valence-electron chi connectivity index (χ0n) is 7.61. The van der Waals surface area contributed by atoms with Crippen LogP contribution in [-0.2, 0) is 15.6 Å². The van der Waals surface area contributed by atoms with Crippen molar-refractivity contribution in [1.29, 1.82) is 0 Å². The highest BCUT2D eigenvalue weighted by Crippen LogP contribution is 2.07. The van der Waals surface area contributed by atoms with Gasteiger partial charge in [0.25, 0.3) is 0 Å². The third-order valence-corrected chi connectivity index (χ3v) is 3.17. The van der Waals surface area contributed by atoms with Crippen molar-refractivity contribution in [3.05, 3.63) is 36.7 Å². The smallest absolute Gasteiger partial charge is 0.245 e. The molecular weight excluding hydrogens is 216 g/mol. The maximum Gasteiger partial charge on any atom is 0.247 e. The first-order chi connectivity index (χ1) is 7.18. The lowest BCUT2D eigenvalue weighted by Gasteiger charge is -2.01. The Labute approximate surface area is 86.7 Å². The number of hydrogen-bond acceptors (Lipinski definition) is 5. The first kappa shape index (κ1) is 9.78. The van der Waals surface area contributed by atoms with E-state index < -0.39 is 9.84 Å². The summed E-state index contributed by atoms with van der Waals surface area (Å²) in [6.45, 7) is 0. The van der Waals surface area contributed by atoms with Gasteiger partial charge in [-0.1, -0.05) is 0 Å². The minimum absolute atomic E-state index is 0.161. The summed E-state index contributed by atoms with van der Waals surface area (Å²) in [6.07, 6.45) is 6.93. The van der Waals surface area contributed by atoms with Crippen LogP contribution in [0.3, 0.4) is 0 Å². The van der Waals surface area contributed by atoms with Crippen LogP contribution in [0.2, 0.25) is 0 Å². The Balaban J connectivity index is 2.19. The van der Waals surface area contributed by atoms with Crippen LogP contribution in [-0.4, -0.2) is 23.6 Å². The molecule has 15 heavy (non-hydrogen) atoms. The Morgan fingerprint density at radius 1 is 1.13 bits per heavy atom. The molecule has 1 aromatic heterocycles. The molecule has 77 valence electrons. The van der Waals surface area contributed by atoms with Crippen molar-refractivity contribution in [3.63, 3.8) is 0 Å². The van der Waals surface area contributed by atoms with Gasteiger partial charge in [-0.05, 0) is 0 Å². The van der Waals surface area contributed by atoms with Crippen molar-refractivity contribution >= 4 is 15.0 Å². The lowest BCUT2D eigenvalue weighted by molar-refractivity contribution is 0.605. The van der Waals surface area contributed by atoms with E-state index in [-0.39, 0.29) is 10.9 Å². The number of amidine groups is 1. The quantitative estimate of drug-likeness (QED) is 0.696. The van der Waals surface area contributed by atoms with Gasteiger partial charge < -0.3 is 0 Å². The van der Waals surface area contributed by atoms with E-state index in [0.29, 0.717) is 5.56 Å². The fourth-order valence-corrected chi connectivity index (χ4v) is 2.24. The third kappa shape index (κ3) is 2.18. The Hall–Kier alpha value is -1.76. The van der Waals surface area contributed by atoms with E-state index >= 15 is 0 Å². The maximum atomic E-state index is 11.7. The summed E-state index contributed by atoms with van der Waals surface area (Å²) < 4.78 is 23.4. The van der Waals surface area contributed by atoms with Gasteiger partial charge in [0.2, 0.25) is 15.0 Å². The fourth-order valence-electron chi connectivity index (χ4n) is 1.08. The average Bonchev–Trinajstić information content (AvgIpc) is 2.71. The number of rotatable bonds is 2. The molecule has 0 aliphatic carbocycles. The van der Waals surface area contributed by atoms with E-state index in [2.05, 4.69) is 20.3 Å². The number of nitrogens with zero attached hydrogens (tertiary/aromatic N) is 4. The predicted octanol–water partition coefficient (Wildman–Crippen LogP) is -0.163. The van der Waals surface area contributed by atoms with Crippen LogP contribution in [0.5, 0.6) is 0 Å². The molecule has 1 aliphatic rings. The number of sulfone groups is 1. The van der Waals surface area contributed by atoms with Gasteiger partial charge in [0.15, 0.2) is 0 Å². The van der Waals surface area contributed by atoms with Crippen LogP contribution in [0, 0.1) is 0 Å². The Morgan fingerprint density at radius 2 is 1.87 bits per heavy atom. The van der Waals surface area contributed by atoms with Crippen LogP contribution in [0.4, 0.5) is 0 Å². The summed E-state index contributed by atoms with van der Waals surface area (Å²) in [5.41, 5.74) is 0.516. The predicted molar refractivity (Wildman–Crippen MR) is 53.4 cm³/mol. The largest absolute Gasteiger partial charge is 0.247 e. The summed E-state index contributed by atoms with van der Waals surface area (Å²) in [4.78, 5) is 11.1. The number of aromatic nitrogens is 2. The van der Waals surface area contributed by atoms with Crippen LogP contribution >= 0.6 is 0 Å². The molecule has 0 fully saturated rings. The summed E-state index contributed by atoms with van der Waals surface area (Å²) in [7, 11) is -3.47. The molecule has 0 saturated carbocycles. The van der Waals surface area contributed by atoms with E-state index in [0.717, 1.165) is 0 Å². The summed E-state index contributed by atoms with van der Waals surface area (Å²) in [6, 6.07) is 0. The van der Waals surface area contributed by atoms with Gasteiger partial charge in [-0.15, -0.1) is 0 Å². The van der Waals surface area contributed by atoms with Crippen molar-refractivity contribution in [2.45, 2.75) is 5.75 Å². The normalized spacial score (nSPS) is 14.8. The van der Waals surface area contributed by atoms with Crippen molar-refractivity contribution < 1.29 is 8.42 Å². The topological polar surface area (TPSA) is 86.4 Å². The summed E-state index contributed by atoms with van der Waals surface area (Å²) in [5.74, 6) is -0.183. The Bertz CT molecular complexity index is 507. The second-order valence-corrected chi connectivity index (χ2v) is 4.73. The van der Waals surface area contributed by atoms with Gasteiger partial charge in [0.1, 0.15) is 6.33 Å². The van der Waals surface area contributed by atoms with Crippen LogP contribution < -0.4 is 5.32 Å². The SMILES string of the molecule is O=S(=O)(Cc1cncnc1)C1=NC=C[N]1. The molecule has 1 aliphatic heterocycles. The molecule has 0 spiro atoms. The maximum absolute atomic E-state index is 11.7. The van der Waals surface area contributed by atoms with Crippen molar-refractivity contribution in [2.75, 3.05) is 0 Å². The van der Waals surface area contributed by atoms with Gasteiger partial charge in [-0.2, -0.15) is 0 Å². The molecule has 0 atom stereocenters. The fraction of sp³-hybridized carbons (Fsp3) is 0.125. The molecule has 1 radical (unpaired) electrons. The molecule has 7 heteroatoms. The molecule has 2 heterocycles. The van der Waals surface area contributed by atoms with Crippen molar-refractivity contribution in [3.8, 4) is 0 Å². The van der Waals surface area contributed by atoms with Crippen LogP contribution in [0.1, 0.15) is 5.56 Å². The first-order valence-electron chi connectivity index (χ1n) is 4.09. The van der Waals surface area contributed by atoms with E-state index in [9.17, 15) is 8.42 Å². The molecule has 6 nitrogen and oxygen atoms in total. The van der Waals surface area contributed by atoms with Gasteiger partial charge in [0, 0.05) is 30.4 Å². The summed E-state index contributed by atoms with van der Waals surface area (Å²) >= 11 is 0. The lowest BCUT2D eigenvalue weighted by Crippen LogP contribution is -2.21. The average molecular weight is 223 g/mol. The van der Waals surface area contributed by atoms with Crippen molar-refractivity contribution in [2.24, 2.45) is 4.99 Å². The standard InChI is InChI=1S/C8H7N4O2S/c13-15(14,8-11-1-2-12-8)5-7-3-9-6-10-4-7/h1-4,6H,5H2. The van der Waals surface area contributed by atoms with E-state index in [1.807, 2.05) is 0 Å². The highest BCUT2D eigenvalue weighted by molar-refractivity contribution is 8.05. The molecule has 1 aromatic rings. The van der Waals surface area contributed by atoms with Gasteiger partial charge in [0.05, 0.1) is 5.75 Å². The van der Waals surface area contributed by atoms with Crippen LogP contribution in [0.25, 0.3) is 0 Å².